The van der Waals surface area contributed by atoms with E-state index in [0.29, 0.717) is 11.3 Å². The van der Waals surface area contributed by atoms with Crippen molar-refractivity contribution in [1.29, 1.82) is 0 Å². The number of aryl methyl sites for hydroxylation is 1. The van der Waals surface area contributed by atoms with Gasteiger partial charge in [0.05, 0.1) is 5.52 Å². The molecule has 1 aliphatic carbocycles. The number of nitrogens with zero attached hydrogens (tertiary/aromatic N) is 1. The highest BCUT2D eigenvalue weighted by Crippen LogP contribution is 2.38. The third-order valence-electron chi connectivity index (χ3n) is 4.30. The van der Waals surface area contributed by atoms with Crippen LogP contribution in [0.2, 0.25) is 0 Å². The fraction of sp³-hybridized carbons (Fsp3) is 0.471. The minimum atomic E-state index is 0.299. The molecule has 0 atom stereocenters. The van der Waals surface area contributed by atoms with Crippen molar-refractivity contribution in [2.45, 2.75) is 51.9 Å². The van der Waals surface area contributed by atoms with E-state index in [-0.39, 0.29) is 0 Å². The van der Waals surface area contributed by atoms with E-state index in [0.717, 1.165) is 11.9 Å². The Labute approximate surface area is 109 Å². The second kappa shape index (κ2) is 3.81. The van der Waals surface area contributed by atoms with Crippen molar-refractivity contribution in [2.24, 2.45) is 0 Å². The number of rotatable bonds is 1. The van der Waals surface area contributed by atoms with Crippen molar-refractivity contribution in [3.05, 3.63) is 41.1 Å². The van der Waals surface area contributed by atoms with Crippen molar-refractivity contribution in [3.8, 4) is 0 Å². The van der Waals surface area contributed by atoms with Gasteiger partial charge in [-0.2, -0.15) is 0 Å². The molecule has 0 amide bonds. The summed E-state index contributed by atoms with van der Waals surface area (Å²) in [5, 5.41) is 1.29. The molecule has 18 heavy (non-hydrogen) atoms. The quantitative estimate of drug-likeness (QED) is 0.709. The SMILES string of the molecule is CC(C)c1ccc2cc3c(nc2c1)CCC3(C)C. The minimum Gasteiger partial charge on any atom is -0.253 e. The third kappa shape index (κ3) is 1.73. The molecular formula is C17H21N. The fourth-order valence-corrected chi connectivity index (χ4v) is 2.93. The Morgan fingerprint density at radius 2 is 1.94 bits per heavy atom. The summed E-state index contributed by atoms with van der Waals surface area (Å²) in [5.41, 5.74) is 5.61. The molecular weight excluding hydrogens is 218 g/mol. The summed E-state index contributed by atoms with van der Waals surface area (Å²) in [5.74, 6) is 0.570. The van der Waals surface area contributed by atoms with Crippen LogP contribution >= 0.6 is 0 Å². The number of benzene rings is 1. The summed E-state index contributed by atoms with van der Waals surface area (Å²) in [6.45, 7) is 9.12. The average Bonchev–Trinajstić information content (AvgIpc) is 2.62. The molecule has 0 N–H and O–H groups in total. The van der Waals surface area contributed by atoms with Crippen LogP contribution in [0.3, 0.4) is 0 Å². The van der Waals surface area contributed by atoms with Crippen LogP contribution in [0, 0.1) is 0 Å². The van der Waals surface area contributed by atoms with Crippen LogP contribution in [0.1, 0.15) is 56.9 Å². The Balaban J connectivity index is 2.21. The normalized spacial score (nSPS) is 17.4. The summed E-state index contributed by atoms with van der Waals surface area (Å²) in [6.07, 6.45) is 2.35. The standard InChI is InChI=1S/C17H21N/c1-11(2)12-5-6-13-9-14-15(18-16(13)10-12)7-8-17(14,3)4/h5-6,9-11H,7-8H2,1-4H3. The first-order valence-electron chi connectivity index (χ1n) is 6.91. The second-order valence-electron chi connectivity index (χ2n) is 6.47. The van der Waals surface area contributed by atoms with E-state index in [1.807, 2.05) is 0 Å². The lowest BCUT2D eigenvalue weighted by Gasteiger charge is -2.18. The number of aromatic nitrogens is 1. The summed E-state index contributed by atoms with van der Waals surface area (Å²) in [7, 11) is 0. The van der Waals surface area contributed by atoms with Gasteiger partial charge >= 0.3 is 0 Å². The monoisotopic (exact) mass is 239 g/mol. The molecule has 1 aromatic heterocycles. The van der Waals surface area contributed by atoms with E-state index in [2.05, 4.69) is 52.0 Å². The molecule has 0 radical (unpaired) electrons. The lowest BCUT2D eigenvalue weighted by Crippen LogP contribution is -2.11. The van der Waals surface area contributed by atoms with Crippen LogP contribution in [-0.4, -0.2) is 4.98 Å². The van der Waals surface area contributed by atoms with Gasteiger partial charge < -0.3 is 0 Å². The van der Waals surface area contributed by atoms with Gasteiger partial charge in [0.25, 0.3) is 0 Å². The highest BCUT2D eigenvalue weighted by molar-refractivity contribution is 5.81. The molecule has 1 aliphatic rings. The van der Waals surface area contributed by atoms with Gasteiger partial charge in [0.1, 0.15) is 0 Å². The Hall–Kier alpha value is -1.37. The number of hydrogen-bond donors (Lipinski definition) is 0. The zero-order valence-electron chi connectivity index (χ0n) is 11.7. The van der Waals surface area contributed by atoms with Crippen LogP contribution < -0.4 is 0 Å². The molecule has 0 aliphatic heterocycles. The maximum absolute atomic E-state index is 4.89. The zero-order valence-corrected chi connectivity index (χ0v) is 11.7. The van der Waals surface area contributed by atoms with Gasteiger partial charge in [0.15, 0.2) is 0 Å². The Bertz CT molecular complexity index is 608. The number of pyridine rings is 1. The first-order chi connectivity index (χ1) is 8.47. The molecule has 3 rings (SSSR count). The molecule has 0 spiro atoms. The minimum absolute atomic E-state index is 0.299. The van der Waals surface area contributed by atoms with Gasteiger partial charge in [-0.05, 0) is 47.4 Å². The van der Waals surface area contributed by atoms with Gasteiger partial charge in [0.2, 0.25) is 0 Å². The molecule has 2 aromatic rings. The van der Waals surface area contributed by atoms with E-state index in [9.17, 15) is 0 Å². The van der Waals surface area contributed by atoms with Crippen molar-refractivity contribution in [2.75, 3.05) is 0 Å². The molecule has 0 fully saturated rings. The van der Waals surface area contributed by atoms with E-state index in [1.165, 1.54) is 28.6 Å². The first-order valence-corrected chi connectivity index (χ1v) is 6.91. The molecule has 0 saturated heterocycles. The Morgan fingerprint density at radius 1 is 1.17 bits per heavy atom. The van der Waals surface area contributed by atoms with Gasteiger partial charge in [0, 0.05) is 11.1 Å². The molecule has 0 bridgehead atoms. The van der Waals surface area contributed by atoms with Gasteiger partial charge in [-0.3, -0.25) is 4.98 Å². The maximum Gasteiger partial charge on any atom is 0.0708 e. The third-order valence-corrected chi connectivity index (χ3v) is 4.30. The molecule has 1 heterocycles. The van der Waals surface area contributed by atoms with Gasteiger partial charge in [-0.1, -0.05) is 39.8 Å². The number of fused-ring (bicyclic) bond motifs is 2. The van der Waals surface area contributed by atoms with E-state index < -0.39 is 0 Å². The lowest BCUT2D eigenvalue weighted by atomic mass is 9.86. The smallest absolute Gasteiger partial charge is 0.0708 e. The molecule has 0 saturated carbocycles. The molecule has 94 valence electrons. The van der Waals surface area contributed by atoms with Crippen LogP contribution in [0.15, 0.2) is 24.3 Å². The number of hydrogen-bond acceptors (Lipinski definition) is 1. The van der Waals surface area contributed by atoms with Crippen LogP contribution in [0.5, 0.6) is 0 Å². The van der Waals surface area contributed by atoms with Gasteiger partial charge in [-0.25, -0.2) is 0 Å². The van der Waals surface area contributed by atoms with E-state index in [4.69, 9.17) is 4.98 Å². The highest BCUT2D eigenvalue weighted by atomic mass is 14.7. The highest BCUT2D eigenvalue weighted by Gasteiger charge is 2.30. The lowest BCUT2D eigenvalue weighted by molar-refractivity contribution is 0.522. The second-order valence-corrected chi connectivity index (χ2v) is 6.47. The predicted molar refractivity (Wildman–Crippen MR) is 77.2 cm³/mol. The van der Waals surface area contributed by atoms with Crippen molar-refractivity contribution >= 4 is 10.9 Å². The first kappa shape index (κ1) is 11.7. The van der Waals surface area contributed by atoms with Crippen molar-refractivity contribution in [1.82, 2.24) is 4.98 Å². The molecule has 1 nitrogen and oxygen atoms in total. The van der Waals surface area contributed by atoms with Crippen molar-refractivity contribution < 1.29 is 0 Å². The summed E-state index contributed by atoms with van der Waals surface area (Å²) in [6, 6.07) is 9.08. The fourth-order valence-electron chi connectivity index (χ4n) is 2.93. The van der Waals surface area contributed by atoms with Crippen LogP contribution in [0.25, 0.3) is 10.9 Å². The van der Waals surface area contributed by atoms with Gasteiger partial charge in [-0.15, -0.1) is 0 Å². The molecule has 1 aromatic carbocycles. The topological polar surface area (TPSA) is 12.9 Å². The Kier molecular flexibility index (Phi) is 2.48. The maximum atomic E-state index is 4.89. The van der Waals surface area contributed by atoms with E-state index in [1.54, 1.807) is 0 Å². The summed E-state index contributed by atoms with van der Waals surface area (Å²) < 4.78 is 0. The molecule has 0 unspecified atom stereocenters. The van der Waals surface area contributed by atoms with Crippen LogP contribution in [-0.2, 0) is 11.8 Å². The Morgan fingerprint density at radius 3 is 2.67 bits per heavy atom. The van der Waals surface area contributed by atoms with Crippen molar-refractivity contribution in [3.63, 3.8) is 0 Å². The zero-order chi connectivity index (χ0) is 12.9. The summed E-state index contributed by atoms with van der Waals surface area (Å²) in [4.78, 5) is 4.89. The predicted octanol–water partition coefficient (Wildman–Crippen LogP) is 4.58. The molecule has 1 heteroatoms. The van der Waals surface area contributed by atoms with Crippen LogP contribution in [0.4, 0.5) is 0 Å². The summed E-state index contributed by atoms with van der Waals surface area (Å²) >= 11 is 0. The largest absolute Gasteiger partial charge is 0.253 e. The average molecular weight is 239 g/mol. The van der Waals surface area contributed by atoms with E-state index >= 15 is 0 Å².